The number of nitrogens with one attached hydrogen (secondary N) is 3. The van der Waals surface area contributed by atoms with Gasteiger partial charge in [0.2, 0.25) is 5.91 Å². The van der Waals surface area contributed by atoms with Crippen molar-refractivity contribution in [3.63, 3.8) is 0 Å². The molecule has 12 heteroatoms. The first-order valence-electron chi connectivity index (χ1n) is 12.6. The van der Waals surface area contributed by atoms with E-state index in [0.29, 0.717) is 35.2 Å². The second-order valence-corrected chi connectivity index (χ2v) is 9.44. The summed E-state index contributed by atoms with van der Waals surface area (Å²) in [5.41, 5.74) is 1.75. The van der Waals surface area contributed by atoms with Crippen molar-refractivity contribution in [2.75, 3.05) is 44.6 Å². The van der Waals surface area contributed by atoms with Crippen LogP contribution < -0.4 is 16.0 Å². The number of amides is 1. The molecule has 0 radical (unpaired) electrons. The highest BCUT2D eigenvalue weighted by Gasteiger charge is 2.18. The zero-order valence-corrected chi connectivity index (χ0v) is 21.9. The molecule has 3 N–H and O–H groups in total. The lowest BCUT2D eigenvalue weighted by molar-refractivity contribution is -0.385. The number of aryl methyl sites for hydroxylation is 1. The number of carbonyl (C=O) groups excluding carboxylic acids is 1. The summed E-state index contributed by atoms with van der Waals surface area (Å²) in [7, 11) is 0. The molecule has 3 aromatic rings. The minimum absolute atomic E-state index is 0.0171. The predicted octanol–water partition coefficient (Wildman–Crippen LogP) is 3.36. The first-order valence-corrected chi connectivity index (χ1v) is 12.9. The maximum absolute atomic E-state index is 12.8. The predicted molar refractivity (Wildman–Crippen MR) is 146 cm³/mol. The first kappa shape index (κ1) is 27.4. The van der Waals surface area contributed by atoms with Gasteiger partial charge < -0.3 is 20.9 Å². The molecule has 4 rings (SSSR count). The van der Waals surface area contributed by atoms with Crippen LogP contribution in [-0.4, -0.2) is 70.0 Å². The topological polar surface area (TPSA) is 138 Å². The molecule has 1 aromatic carbocycles. The smallest absolute Gasteiger partial charge is 0.287 e. The number of carbonyl (C=O) groups is 1. The lowest BCUT2D eigenvalue weighted by Gasteiger charge is -2.27. The van der Waals surface area contributed by atoms with Gasteiger partial charge in [-0.3, -0.25) is 14.9 Å². The number of pyridine rings is 1. The zero-order valence-electron chi connectivity index (χ0n) is 21.2. The maximum Gasteiger partial charge on any atom is 0.287 e. The summed E-state index contributed by atoms with van der Waals surface area (Å²) in [5.74, 6) is 0.664. The van der Waals surface area contributed by atoms with Gasteiger partial charge in [-0.2, -0.15) is 0 Å². The Morgan fingerprint density at radius 3 is 2.63 bits per heavy atom. The highest BCUT2D eigenvalue weighted by Crippen LogP contribution is 2.27. The third kappa shape index (κ3) is 7.44. The van der Waals surface area contributed by atoms with Gasteiger partial charge in [0, 0.05) is 45.2 Å². The third-order valence-corrected chi connectivity index (χ3v) is 6.76. The number of nitrogens with zero attached hydrogens (tertiary/aromatic N) is 5. The number of hydrogen-bond acceptors (Lipinski definition) is 9. The molecule has 1 aliphatic rings. The van der Waals surface area contributed by atoms with E-state index in [9.17, 15) is 14.9 Å². The van der Waals surface area contributed by atoms with Crippen molar-refractivity contribution in [1.29, 1.82) is 0 Å². The van der Waals surface area contributed by atoms with E-state index in [1.165, 1.54) is 18.3 Å². The Morgan fingerprint density at radius 1 is 1.18 bits per heavy atom. The summed E-state index contributed by atoms with van der Waals surface area (Å²) in [6, 6.07) is 12.3. The highest BCUT2D eigenvalue weighted by atomic mass is 35.5. The van der Waals surface area contributed by atoms with Crippen LogP contribution in [-0.2, 0) is 4.79 Å². The average molecular weight is 539 g/mol. The van der Waals surface area contributed by atoms with Gasteiger partial charge in [-0.25, -0.2) is 15.0 Å². The Balaban J connectivity index is 1.44. The fraction of sp³-hybridized carbons (Fsp3) is 0.385. The highest BCUT2D eigenvalue weighted by molar-refractivity contribution is 6.33. The number of anilines is 1. The monoisotopic (exact) mass is 538 g/mol. The molecular formula is C26H31ClN8O3. The molecule has 2 aromatic heterocycles. The van der Waals surface area contributed by atoms with Gasteiger partial charge in [-0.05, 0) is 31.5 Å². The lowest BCUT2D eigenvalue weighted by atomic mass is 10.1. The molecule has 1 fully saturated rings. The molecule has 0 unspecified atom stereocenters. The summed E-state index contributed by atoms with van der Waals surface area (Å²) in [6.07, 6.45) is 2.40. The number of piperazine rings is 1. The molecule has 0 bridgehead atoms. The second kappa shape index (κ2) is 13.2. The molecule has 1 atom stereocenters. The summed E-state index contributed by atoms with van der Waals surface area (Å²) in [5, 5.41) is 21.0. The molecule has 3 heterocycles. The van der Waals surface area contributed by atoms with Crippen molar-refractivity contribution in [3.8, 4) is 11.5 Å². The molecule has 200 valence electrons. The fourth-order valence-corrected chi connectivity index (χ4v) is 4.37. The number of rotatable bonds is 11. The standard InChI is InChI=1S/C26H31ClN8O3/c1-18-24(27)26(33-25(31-18)21-10-9-20(16-29-21)35(37)38)30-17-22(19-6-3-2-4-7-19)32-23(36)8-5-13-34-14-11-28-12-15-34/h2-4,6-7,9-10,16,22,28H,5,8,11-15,17H2,1H3,(H,32,36)(H,30,31,33)/t22-/m0/s1. The molecule has 38 heavy (non-hydrogen) atoms. The Labute approximate surface area is 226 Å². The summed E-state index contributed by atoms with van der Waals surface area (Å²) in [6.45, 7) is 6.99. The maximum atomic E-state index is 12.8. The van der Waals surface area contributed by atoms with E-state index in [2.05, 4.69) is 35.8 Å². The van der Waals surface area contributed by atoms with Gasteiger partial charge in [0.15, 0.2) is 5.82 Å². The van der Waals surface area contributed by atoms with Gasteiger partial charge in [0.1, 0.15) is 22.7 Å². The molecule has 0 aliphatic carbocycles. The van der Waals surface area contributed by atoms with Gasteiger partial charge in [0.25, 0.3) is 5.69 Å². The number of aromatic nitrogens is 3. The fourth-order valence-electron chi connectivity index (χ4n) is 4.22. The Morgan fingerprint density at radius 2 is 1.95 bits per heavy atom. The number of benzene rings is 1. The van der Waals surface area contributed by atoms with E-state index in [-0.39, 0.29) is 23.5 Å². The van der Waals surface area contributed by atoms with E-state index in [1.54, 1.807) is 6.92 Å². The Kier molecular flexibility index (Phi) is 9.52. The summed E-state index contributed by atoms with van der Waals surface area (Å²) < 4.78 is 0. The molecular weight excluding hydrogens is 508 g/mol. The third-order valence-electron chi connectivity index (χ3n) is 6.30. The van der Waals surface area contributed by atoms with Gasteiger partial charge in [0.05, 0.1) is 16.7 Å². The summed E-state index contributed by atoms with van der Waals surface area (Å²) >= 11 is 6.50. The molecule has 1 saturated heterocycles. The van der Waals surface area contributed by atoms with Crippen LogP contribution in [0.1, 0.15) is 30.1 Å². The van der Waals surface area contributed by atoms with E-state index in [1.807, 2.05) is 30.3 Å². The van der Waals surface area contributed by atoms with E-state index in [0.717, 1.165) is 44.7 Å². The largest absolute Gasteiger partial charge is 0.366 e. The van der Waals surface area contributed by atoms with Crippen molar-refractivity contribution in [3.05, 3.63) is 75.1 Å². The van der Waals surface area contributed by atoms with E-state index in [4.69, 9.17) is 11.6 Å². The van der Waals surface area contributed by atoms with Crippen LogP contribution in [0.25, 0.3) is 11.5 Å². The van der Waals surface area contributed by atoms with Crippen LogP contribution in [0.4, 0.5) is 11.5 Å². The SMILES string of the molecule is Cc1nc(-c2ccc([N+](=O)[O-])cn2)nc(NC[C@H](NC(=O)CCCN2CCNCC2)c2ccccc2)c1Cl. The van der Waals surface area contributed by atoms with E-state index < -0.39 is 4.92 Å². The van der Waals surface area contributed by atoms with Crippen LogP contribution in [0.3, 0.4) is 0 Å². The van der Waals surface area contributed by atoms with Crippen molar-refractivity contribution in [1.82, 2.24) is 30.5 Å². The van der Waals surface area contributed by atoms with Crippen molar-refractivity contribution in [2.45, 2.75) is 25.8 Å². The minimum atomic E-state index is -0.513. The normalized spacial score (nSPS) is 14.6. The van der Waals surface area contributed by atoms with Gasteiger partial charge >= 0.3 is 0 Å². The average Bonchev–Trinajstić information content (AvgIpc) is 2.94. The summed E-state index contributed by atoms with van der Waals surface area (Å²) in [4.78, 5) is 38.7. The zero-order chi connectivity index (χ0) is 26.9. The van der Waals surface area contributed by atoms with Gasteiger partial charge in [-0.15, -0.1) is 0 Å². The van der Waals surface area contributed by atoms with Crippen molar-refractivity contribution >= 4 is 29.0 Å². The Bertz CT molecular complexity index is 1240. The molecule has 11 nitrogen and oxygen atoms in total. The van der Waals surface area contributed by atoms with E-state index >= 15 is 0 Å². The van der Waals surface area contributed by atoms with Crippen molar-refractivity contribution < 1.29 is 9.72 Å². The van der Waals surface area contributed by atoms with Crippen LogP contribution in [0.2, 0.25) is 5.02 Å². The molecule has 0 spiro atoms. The minimum Gasteiger partial charge on any atom is -0.366 e. The molecule has 0 saturated carbocycles. The van der Waals surface area contributed by atoms with Crippen molar-refractivity contribution in [2.24, 2.45) is 0 Å². The van der Waals surface area contributed by atoms with Crippen LogP contribution in [0.5, 0.6) is 0 Å². The molecule has 1 aliphatic heterocycles. The van der Waals surface area contributed by atoms with Crippen LogP contribution in [0.15, 0.2) is 48.7 Å². The lowest BCUT2D eigenvalue weighted by Crippen LogP contribution is -2.44. The number of halogens is 1. The molecule has 1 amide bonds. The number of hydrogen-bond donors (Lipinski definition) is 3. The number of nitro groups is 1. The second-order valence-electron chi connectivity index (χ2n) is 9.06. The quantitative estimate of drug-likeness (QED) is 0.248. The Hall–Kier alpha value is -3.67. The van der Waals surface area contributed by atoms with Gasteiger partial charge in [-0.1, -0.05) is 41.9 Å². The first-order chi connectivity index (χ1) is 18.4. The van der Waals surface area contributed by atoms with Crippen LogP contribution in [0, 0.1) is 17.0 Å². The van der Waals surface area contributed by atoms with Crippen LogP contribution >= 0.6 is 11.6 Å².